The van der Waals surface area contributed by atoms with Crippen molar-refractivity contribution in [2.45, 2.75) is 19.0 Å². The summed E-state index contributed by atoms with van der Waals surface area (Å²) in [6, 6.07) is 21.2. The van der Waals surface area contributed by atoms with Crippen molar-refractivity contribution >= 4 is 10.9 Å². The molecule has 0 bridgehead atoms. The molecule has 140 valence electrons. The SMILES string of the molecule is COc1ccccc1C1c2[nH]c3ccccc3c2CCN1Cc1cccnc1. The summed E-state index contributed by atoms with van der Waals surface area (Å²) in [6.45, 7) is 1.85. The molecule has 4 heteroatoms. The van der Waals surface area contributed by atoms with E-state index in [0.29, 0.717) is 0 Å². The Kier molecular flexibility index (Phi) is 4.34. The normalized spacial score (nSPS) is 16.8. The van der Waals surface area contributed by atoms with Crippen LogP contribution in [0.5, 0.6) is 5.75 Å². The Hall–Kier alpha value is -3.11. The van der Waals surface area contributed by atoms with Crippen LogP contribution in [0, 0.1) is 0 Å². The Balaban J connectivity index is 1.66. The van der Waals surface area contributed by atoms with E-state index in [1.807, 2.05) is 24.5 Å². The lowest BCUT2D eigenvalue weighted by atomic mass is 9.91. The topological polar surface area (TPSA) is 41.1 Å². The number of fused-ring (bicyclic) bond motifs is 3. The van der Waals surface area contributed by atoms with Crippen LogP contribution in [0.25, 0.3) is 10.9 Å². The third-order valence-corrected chi connectivity index (χ3v) is 5.68. The van der Waals surface area contributed by atoms with Gasteiger partial charge in [0.25, 0.3) is 0 Å². The quantitative estimate of drug-likeness (QED) is 0.566. The van der Waals surface area contributed by atoms with Gasteiger partial charge < -0.3 is 9.72 Å². The zero-order chi connectivity index (χ0) is 18.9. The van der Waals surface area contributed by atoms with Crippen LogP contribution < -0.4 is 4.74 Å². The van der Waals surface area contributed by atoms with E-state index in [0.717, 1.165) is 25.3 Å². The summed E-state index contributed by atoms with van der Waals surface area (Å²) < 4.78 is 5.73. The molecule has 0 saturated carbocycles. The van der Waals surface area contributed by atoms with Gasteiger partial charge in [0.05, 0.1) is 13.2 Å². The van der Waals surface area contributed by atoms with Crippen LogP contribution in [0.2, 0.25) is 0 Å². The van der Waals surface area contributed by atoms with Crippen LogP contribution in [-0.4, -0.2) is 28.5 Å². The Bertz CT molecular complexity index is 1100. The van der Waals surface area contributed by atoms with Crippen LogP contribution in [0.4, 0.5) is 0 Å². The predicted molar refractivity (Wildman–Crippen MR) is 111 cm³/mol. The lowest BCUT2D eigenvalue weighted by molar-refractivity contribution is 0.198. The second-order valence-electron chi connectivity index (χ2n) is 7.29. The highest BCUT2D eigenvalue weighted by molar-refractivity contribution is 5.85. The molecule has 1 N–H and O–H groups in total. The van der Waals surface area contributed by atoms with Crippen LogP contribution in [-0.2, 0) is 13.0 Å². The van der Waals surface area contributed by atoms with Gasteiger partial charge in [-0.05, 0) is 35.7 Å². The number of hydrogen-bond donors (Lipinski definition) is 1. The van der Waals surface area contributed by atoms with Crippen molar-refractivity contribution < 1.29 is 4.74 Å². The van der Waals surface area contributed by atoms with Crippen LogP contribution >= 0.6 is 0 Å². The highest BCUT2D eigenvalue weighted by Gasteiger charge is 2.33. The first-order valence-corrected chi connectivity index (χ1v) is 9.70. The highest BCUT2D eigenvalue weighted by atomic mass is 16.5. The van der Waals surface area contributed by atoms with Crippen molar-refractivity contribution in [1.29, 1.82) is 0 Å². The number of rotatable bonds is 4. The summed E-state index contributed by atoms with van der Waals surface area (Å²) in [4.78, 5) is 10.5. The number of para-hydroxylation sites is 2. The van der Waals surface area contributed by atoms with E-state index in [-0.39, 0.29) is 6.04 Å². The van der Waals surface area contributed by atoms with E-state index in [2.05, 4.69) is 63.4 Å². The Morgan fingerprint density at radius 2 is 1.93 bits per heavy atom. The van der Waals surface area contributed by atoms with E-state index < -0.39 is 0 Å². The van der Waals surface area contributed by atoms with Gasteiger partial charge >= 0.3 is 0 Å². The van der Waals surface area contributed by atoms with Gasteiger partial charge in [0.2, 0.25) is 0 Å². The monoisotopic (exact) mass is 369 g/mol. The van der Waals surface area contributed by atoms with Gasteiger partial charge in [-0.2, -0.15) is 0 Å². The first kappa shape index (κ1) is 17.0. The summed E-state index contributed by atoms with van der Waals surface area (Å²) in [6.07, 6.45) is 4.82. The predicted octanol–water partition coefficient (Wildman–Crippen LogP) is 4.72. The van der Waals surface area contributed by atoms with E-state index in [4.69, 9.17) is 4.74 Å². The molecular formula is C24H23N3O. The maximum absolute atomic E-state index is 5.73. The van der Waals surface area contributed by atoms with E-state index >= 15 is 0 Å². The fraction of sp³-hybridized carbons (Fsp3) is 0.208. The Labute approximate surface area is 164 Å². The summed E-state index contributed by atoms with van der Waals surface area (Å²) in [5.74, 6) is 0.926. The number of benzene rings is 2. The van der Waals surface area contributed by atoms with Gasteiger partial charge in [-0.3, -0.25) is 9.88 Å². The van der Waals surface area contributed by atoms with E-state index in [1.165, 1.54) is 33.3 Å². The van der Waals surface area contributed by atoms with Crippen LogP contribution in [0.1, 0.15) is 28.4 Å². The first-order valence-electron chi connectivity index (χ1n) is 9.70. The number of nitrogens with zero attached hydrogens (tertiary/aromatic N) is 2. The zero-order valence-electron chi connectivity index (χ0n) is 15.9. The second kappa shape index (κ2) is 7.13. The molecule has 2 aromatic heterocycles. The molecule has 28 heavy (non-hydrogen) atoms. The summed E-state index contributed by atoms with van der Waals surface area (Å²) in [5, 5.41) is 1.33. The van der Waals surface area contributed by atoms with Gasteiger partial charge in [-0.1, -0.05) is 42.5 Å². The summed E-state index contributed by atoms with van der Waals surface area (Å²) >= 11 is 0. The fourth-order valence-electron chi connectivity index (χ4n) is 4.43. The molecule has 3 heterocycles. The molecule has 1 aliphatic rings. The number of aromatic amines is 1. The molecule has 0 radical (unpaired) electrons. The van der Waals surface area contributed by atoms with Gasteiger partial charge in [0.15, 0.2) is 0 Å². The average Bonchev–Trinajstić information content (AvgIpc) is 3.13. The van der Waals surface area contributed by atoms with Crippen molar-refractivity contribution in [3.05, 3.63) is 95.4 Å². The third kappa shape index (κ3) is 2.86. The molecule has 1 unspecified atom stereocenters. The Morgan fingerprint density at radius 1 is 1.07 bits per heavy atom. The number of methoxy groups -OCH3 is 1. The molecule has 4 aromatic rings. The molecule has 0 fully saturated rings. The number of pyridine rings is 1. The smallest absolute Gasteiger partial charge is 0.124 e. The Morgan fingerprint density at radius 3 is 2.79 bits per heavy atom. The highest BCUT2D eigenvalue weighted by Crippen LogP contribution is 2.41. The van der Waals surface area contributed by atoms with Crippen molar-refractivity contribution in [3.63, 3.8) is 0 Å². The van der Waals surface area contributed by atoms with Crippen molar-refractivity contribution in [1.82, 2.24) is 14.9 Å². The number of H-pyrrole nitrogens is 1. The van der Waals surface area contributed by atoms with Gasteiger partial charge in [0, 0.05) is 47.6 Å². The van der Waals surface area contributed by atoms with Crippen LogP contribution in [0.3, 0.4) is 0 Å². The zero-order valence-corrected chi connectivity index (χ0v) is 15.9. The second-order valence-corrected chi connectivity index (χ2v) is 7.29. The fourth-order valence-corrected chi connectivity index (χ4v) is 4.43. The molecule has 5 rings (SSSR count). The lowest BCUT2D eigenvalue weighted by Crippen LogP contribution is -2.35. The molecule has 0 aliphatic carbocycles. The van der Waals surface area contributed by atoms with Crippen molar-refractivity contribution in [2.24, 2.45) is 0 Å². The molecule has 1 atom stereocenters. The number of hydrogen-bond acceptors (Lipinski definition) is 3. The molecule has 4 nitrogen and oxygen atoms in total. The maximum Gasteiger partial charge on any atom is 0.124 e. The minimum Gasteiger partial charge on any atom is -0.496 e. The number of nitrogens with one attached hydrogen (secondary N) is 1. The summed E-state index contributed by atoms with van der Waals surface area (Å²) in [5.41, 5.74) is 6.33. The minimum atomic E-state index is 0.118. The standard InChI is InChI=1S/C24H23N3O/c1-28-22-11-5-3-9-20(22)24-23-19(18-8-2-4-10-21(18)26-23)12-14-27(24)16-17-7-6-13-25-15-17/h2-11,13,15,24,26H,12,14,16H2,1H3. The van der Waals surface area contributed by atoms with Gasteiger partial charge in [-0.15, -0.1) is 0 Å². The largest absolute Gasteiger partial charge is 0.496 e. The van der Waals surface area contributed by atoms with Crippen molar-refractivity contribution in [3.8, 4) is 5.75 Å². The number of aromatic nitrogens is 2. The lowest BCUT2D eigenvalue weighted by Gasteiger charge is -2.36. The maximum atomic E-state index is 5.73. The van der Waals surface area contributed by atoms with Crippen molar-refractivity contribution in [2.75, 3.05) is 13.7 Å². The molecule has 1 aliphatic heterocycles. The summed E-state index contributed by atoms with van der Waals surface area (Å²) in [7, 11) is 1.75. The minimum absolute atomic E-state index is 0.118. The van der Waals surface area contributed by atoms with E-state index in [9.17, 15) is 0 Å². The van der Waals surface area contributed by atoms with Gasteiger partial charge in [0.1, 0.15) is 5.75 Å². The first-order chi connectivity index (χ1) is 13.8. The molecule has 0 spiro atoms. The molecular weight excluding hydrogens is 346 g/mol. The third-order valence-electron chi connectivity index (χ3n) is 5.68. The van der Waals surface area contributed by atoms with Gasteiger partial charge in [-0.25, -0.2) is 0 Å². The number of ether oxygens (including phenoxy) is 1. The molecule has 2 aromatic carbocycles. The molecule has 0 saturated heterocycles. The average molecular weight is 369 g/mol. The molecule has 0 amide bonds. The van der Waals surface area contributed by atoms with E-state index in [1.54, 1.807) is 7.11 Å². The van der Waals surface area contributed by atoms with Crippen LogP contribution in [0.15, 0.2) is 73.1 Å².